The third-order valence-corrected chi connectivity index (χ3v) is 4.86. The number of nitrogens with zero attached hydrogens (tertiary/aromatic N) is 2. The Hall–Kier alpha value is -3.49. The van der Waals surface area contributed by atoms with Gasteiger partial charge in [0.05, 0.1) is 21.8 Å². The van der Waals surface area contributed by atoms with Crippen LogP contribution in [0.1, 0.15) is 21.7 Å². The van der Waals surface area contributed by atoms with E-state index in [4.69, 9.17) is 9.68 Å². The number of thiazole rings is 1. The topological polar surface area (TPSA) is 66.9 Å². The van der Waals surface area contributed by atoms with E-state index in [1.54, 1.807) is 47.7 Å². The lowest BCUT2D eigenvalue weighted by molar-refractivity contribution is 0.104. The van der Waals surface area contributed by atoms with Gasteiger partial charge in [-0.2, -0.15) is 5.26 Å². The van der Waals surface area contributed by atoms with Gasteiger partial charge in [-0.05, 0) is 48.6 Å². The van der Waals surface area contributed by atoms with Gasteiger partial charge in [0.25, 0.3) is 0 Å². The first-order valence-electron chi connectivity index (χ1n) is 7.91. The molecule has 2 aromatic heterocycles. The minimum atomic E-state index is -0.181. The molecule has 0 spiro atoms. The maximum atomic E-state index is 12.2. The summed E-state index contributed by atoms with van der Waals surface area (Å²) in [4.78, 5) is 16.8. The molecule has 5 heteroatoms. The van der Waals surface area contributed by atoms with E-state index >= 15 is 0 Å². The van der Waals surface area contributed by atoms with Gasteiger partial charge in [0, 0.05) is 5.56 Å². The van der Waals surface area contributed by atoms with E-state index in [-0.39, 0.29) is 5.78 Å². The molecule has 0 fully saturated rings. The van der Waals surface area contributed by atoms with Crippen LogP contribution in [0.4, 0.5) is 0 Å². The van der Waals surface area contributed by atoms with E-state index in [9.17, 15) is 4.79 Å². The molecular formula is C21H12N2O2S. The first kappa shape index (κ1) is 16.0. The van der Waals surface area contributed by atoms with Crippen molar-refractivity contribution in [2.24, 2.45) is 0 Å². The van der Waals surface area contributed by atoms with Crippen molar-refractivity contribution in [3.05, 3.63) is 83.6 Å². The lowest BCUT2D eigenvalue weighted by Crippen LogP contribution is -1.94. The van der Waals surface area contributed by atoms with Gasteiger partial charge in [0.15, 0.2) is 16.6 Å². The number of benzene rings is 2. The molecule has 0 N–H and O–H groups in total. The van der Waals surface area contributed by atoms with Crippen molar-refractivity contribution in [2.45, 2.75) is 0 Å². The van der Waals surface area contributed by atoms with E-state index in [2.05, 4.69) is 4.98 Å². The zero-order valence-electron chi connectivity index (χ0n) is 13.5. The summed E-state index contributed by atoms with van der Waals surface area (Å²) in [5.74, 6) is 1.06. The van der Waals surface area contributed by atoms with Crippen LogP contribution in [-0.4, -0.2) is 10.8 Å². The van der Waals surface area contributed by atoms with Gasteiger partial charge in [-0.25, -0.2) is 4.98 Å². The molecule has 0 radical (unpaired) electrons. The van der Waals surface area contributed by atoms with Gasteiger partial charge in [-0.1, -0.05) is 24.3 Å². The average molecular weight is 356 g/mol. The van der Waals surface area contributed by atoms with Crippen LogP contribution >= 0.6 is 11.3 Å². The van der Waals surface area contributed by atoms with Crippen molar-refractivity contribution in [2.75, 3.05) is 0 Å². The van der Waals surface area contributed by atoms with E-state index in [0.29, 0.717) is 22.6 Å². The largest absolute Gasteiger partial charge is 0.454 e. The number of hydrogen-bond donors (Lipinski definition) is 0. The molecule has 0 atom stereocenters. The maximum absolute atomic E-state index is 12.2. The fraction of sp³-hybridized carbons (Fsp3) is 0. The lowest BCUT2D eigenvalue weighted by atomic mass is 10.1. The molecule has 4 rings (SSSR count). The molecule has 0 aliphatic rings. The number of rotatable bonds is 4. The summed E-state index contributed by atoms with van der Waals surface area (Å²) in [6, 6.07) is 20.2. The van der Waals surface area contributed by atoms with Crippen LogP contribution in [0, 0.1) is 11.3 Å². The first-order valence-corrected chi connectivity index (χ1v) is 8.73. The van der Waals surface area contributed by atoms with Gasteiger partial charge in [-0.15, -0.1) is 11.3 Å². The smallest absolute Gasteiger partial charge is 0.186 e. The summed E-state index contributed by atoms with van der Waals surface area (Å²) < 4.78 is 6.89. The van der Waals surface area contributed by atoms with Gasteiger partial charge >= 0.3 is 0 Å². The van der Waals surface area contributed by atoms with Crippen molar-refractivity contribution in [1.29, 1.82) is 5.26 Å². The number of carbonyl (C=O) groups excluding carboxylic acids is 1. The number of aromatic nitrogens is 1. The molecule has 0 aliphatic heterocycles. The Morgan fingerprint density at radius 1 is 1.12 bits per heavy atom. The van der Waals surface area contributed by atoms with Crippen molar-refractivity contribution in [1.82, 2.24) is 4.98 Å². The van der Waals surface area contributed by atoms with Gasteiger partial charge in [0.1, 0.15) is 5.76 Å². The number of para-hydroxylation sites is 1. The van der Waals surface area contributed by atoms with Crippen molar-refractivity contribution in [3.63, 3.8) is 0 Å². The quantitative estimate of drug-likeness (QED) is 0.366. The van der Waals surface area contributed by atoms with Gasteiger partial charge < -0.3 is 4.42 Å². The van der Waals surface area contributed by atoms with Crippen molar-refractivity contribution >= 4 is 33.4 Å². The second-order valence-corrected chi connectivity index (χ2v) is 6.61. The van der Waals surface area contributed by atoms with E-state index in [1.165, 1.54) is 6.08 Å². The van der Waals surface area contributed by atoms with E-state index in [1.807, 2.05) is 36.4 Å². The number of allylic oxidation sites excluding steroid dienone is 1. The first-order chi connectivity index (χ1) is 12.7. The summed E-state index contributed by atoms with van der Waals surface area (Å²) >= 11 is 1.56. The molecular weight excluding hydrogens is 344 g/mol. The number of hydrogen-bond acceptors (Lipinski definition) is 5. The zero-order valence-corrected chi connectivity index (χ0v) is 14.4. The Balaban J connectivity index is 1.55. The predicted octanol–water partition coefficient (Wildman–Crippen LogP) is 5.32. The molecule has 0 aliphatic carbocycles. The average Bonchev–Trinajstić information content (AvgIpc) is 3.32. The highest BCUT2D eigenvalue weighted by Gasteiger charge is 2.10. The summed E-state index contributed by atoms with van der Waals surface area (Å²) in [6.45, 7) is 0. The molecule has 0 saturated heterocycles. The van der Waals surface area contributed by atoms with E-state index in [0.717, 1.165) is 15.2 Å². The molecule has 2 aromatic carbocycles. The van der Waals surface area contributed by atoms with Crippen LogP contribution in [0.25, 0.3) is 27.1 Å². The van der Waals surface area contributed by atoms with Gasteiger partial charge in [0.2, 0.25) is 0 Å². The number of nitriles is 1. The molecule has 0 amide bonds. The Labute approximate surface area is 153 Å². The van der Waals surface area contributed by atoms with Crippen molar-refractivity contribution < 1.29 is 9.21 Å². The van der Waals surface area contributed by atoms with Crippen LogP contribution in [-0.2, 0) is 0 Å². The lowest BCUT2D eigenvalue weighted by Gasteiger charge is -1.95. The van der Waals surface area contributed by atoms with E-state index < -0.39 is 0 Å². The zero-order chi connectivity index (χ0) is 17.9. The molecule has 124 valence electrons. The number of furan rings is 1. The highest BCUT2D eigenvalue weighted by molar-refractivity contribution is 7.21. The Morgan fingerprint density at radius 3 is 2.85 bits per heavy atom. The maximum Gasteiger partial charge on any atom is 0.186 e. The number of ketones is 1. The molecule has 0 saturated carbocycles. The SMILES string of the molecule is N#Cc1cccc(C(=O)/C=C/c2ccc(-c3nc4ccccc4s3)o2)c1. The van der Waals surface area contributed by atoms with Crippen LogP contribution < -0.4 is 0 Å². The minimum Gasteiger partial charge on any atom is -0.454 e. The van der Waals surface area contributed by atoms with Crippen LogP contribution in [0.5, 0.6) is 0 Å². The number of fused-ring (bicyclic) bond motifs is 1. The molecule has 4 nitrogen and oxygen atoms in total. The minimum absolute atomic E-state index is 0.181. The summed E-state index contributed by atoms with van der Waals surface area (Å²) in [7, 11) is 0. The monoisotopic (exact) mass is 356 g/mol. The predicted molar refractivity (Wildman–Crippen MR) is 102 cm³/mol. The van der Waals surface area contributed by atoms with Crippen LogP contribution in [0.15, 0.2) is 71.2 Å². The van der Waals surface area contributed by atoms with Gasteiger partial charge in [-0.3, -0.25) is 4.79 Å². The fourth-order valence-corrected chi connectivity index (χ4v) is 3.46. The Bertz CT molecular complexity index is 1140. The Morgan fingerprint density at radius 2 is 2.00 bits per heavy atom. The highest BCUT2D eigenvalue weighted by atomic mass is 32.1. The standard InChI is InChI=1S/C21H12N2O2S/c22-13-14-4-3-5-15(12-14)18(24)10-8-16-9-11-19(25-16)21-23-17-6-1-2-7-20(17)26-21/h1-12H/b10-8+. The summed E-state index contributed by atoms with van der Waals surface area (Å²) in [5, 5.41) is 9.72. The second-order valence-electron chi connectivity index (χ2n) is 5.58. The fourth-order valence-electron chi connectivity index (χ4n) is 2.53. The molecule has 26 heavy (non-hydrogen) atoms. The molecule has 0 unspecified atom stereocenters. The van der Waals surface area contributed by atoms with Crippen LogP contribution in [0.3, 0.4) is 0 Å². The van der Waals surface area contributed by atoms with Crippen LogP contribution in [0.2, 0.25) is 0 Å². The number of carbonyl (C=O) groups is 1. The second kappa shape index (κ2) is 6.79. The van der Waals surface area contributed by atoms with Crippen molar-refractivity contribution in [3.8, 4) is 16.8 Å². The molecule has 2 heterocycles. The third kappa shape index (κ3) is 3.18. The summed E-state index contributed by atoms with van der Waals surface area (Å²) in [6.07, 6.45) is 3.07. The summed E-state index contributed by atoms with van der Waals surface area (Å²) in [5.41, 5.74) is 1.87. The Kier molecular flexibility index (Phi) is 4.18. The third-order valence-electron chi connectivity index (χ3n) is 3.81. The molecule has 4 aromatic rings. The highest BCUT2D eigenvalue weighted by Crippen LogP contribution is 2.31. The normalized spacial score (nSPS) is 11.0. The molecule has 0 bridgehead atoms.